The standard InChI is InChI=1S/C17H16N2O3/c1-2-21-15-13-10-12(11-6-4-3-5-7-11)8-9-14(13)22-16(15)17(20)19-18/h3-10H,2,18H2,1H3,(H,19,20). The summed E-state index contributed by atoms with van der Waals surface area (Å²) in [5.41, 5.74) is 4.76. The lowest BCUT2D eigenvalue weighted by molar-refractivity contribution is 0.0923. The van der Waals surface area contributed by atoms with Crippen LogP contribution in [0.2, 0.25) is 0 Å². The molecule has 22 heavy (non-hydrogen) atoms. The van der Waals surface area contributed by atoms with Crippen molar-refractivity contribution in [3.63, 3.8) is 0 Å². The van der Waals surface area contributed by atoms with E-state index in [1.54, 1.807) is 0 Å². The number of carbonyl (C=O) groups is 1. The molecule has 2 aromatic carbocycles. The van der Waals surface area contributed by atoms with E-state index in [2.05, 4.69) is 5.43 Å². The van der Waals surface area contributed by atoms with Crippen molar-refractivity contribution in [3.8, 4) is 16.9 Å². The first kappa shape index (κ1) is 14.2. The van der Waals surface area contributed by atoms with Crippen molar-refractivity contribution in [2.24, 2.45) is 5.84 Å². The summed E-state index contributed by atoms with van der Waals surface area (Å²) >= 11 is 0. The molecule has 5 heteroatoms. The van der Waals surface area contributed by atoms with Gasteiger partial charge >= 0.3 is 5.91 Å². The summed E-state index contributed by atoms with van der Waals surface area (Å²) in [5, 5.41) is 0.752. The van der Waals surface area contributed by atoms with Gasteiger partial charge in [-0.2, -0.15) is 0 Å². The molecule has 0 aliphatic rings. The maximum absolute atomic E-state index is 11.8. The minimum absolute atomic E-state index is 0.0876. The molecule has 1 amide bonds. The topological polar surface area (TPSA) is 77.5 Å². The van der Waals surface area contributed by atoms with Crippen molar-refractivity contribution >= 4 is 16.9 Å². The number of nitrogen functional groups attached to an aromatic ring is 1. The molecule has 0 saturated heterocycles. The highest BCUT2D eigenvalue weighted by molar-refractivity contribution is 6.02. The zero-order valence-electron chi connectivity index (χ0n) is 12.1. The van der Waals surface area contributed by atoms with Gasteiger partial charge in [0.05, 0.1) is 12.0 Å². The molecule has 5 nitrogen and oxygen atoms in total. The van der Waals surface area contributed by atoms with E-state index in [4.69, 9.17) is 15.0 Å². The van der Waals surface area contributed by atoms with Gasteiger partial charge in [-0.05, 0) is 30.2 Å². The number of fused-ring (bicyclic) bond motifs is 1. The van der Waals surface area contributed by atoms with Crippen LogP contribution in [0.5, 0.6) is 5.75 Å². The molecule has 0 aliphatic carbocycles. The molecule has 3 rings (SSSR count). The fourth-order valence-corrected chi connectivity index (χ4v) is 2.39. The number of amides is 1. The van der Waals surface area contributed by atoms with E-state index in [1.165, 1.54) is 0 Å². The molecular weight excluding hydrogens is 280 g/mol. The quantitative estimate of drug-likeness (QED) is 0.440. The molecule has 1 aromatic heterocycles. The second-order valence-electron chi connectivity index (χ2n) is 4.74. The van der Waals surface area contributed by atoms with E-state index in [-0.39, 0.29) is 5.76 Å². The average molecular weight is 296 g/mol. The predicted molar refractivity (Wildman–Crippen MR) is 84.5 cm³/mol. The number of carbonyl (C=O) groups excluding carboxylic acids is 1. The van der Waals surface area contributed by atoms with E-state index in [0.717, 1.165) is 16.5 Å². The normalized spacial score (nSPS) is 10.6. The van der Waals surface area contributed by atoms with Gasteiger partial charge in [0.2, 0.25) is 5.76 Å². The van der Waals surface area contributed by atoms with Crippen molar-refractivity contribution < 1.29 is 13.9 Å². The molecule has 0 bridgehead atoms. The summed E-state index contributed by atoms with van der Waals surface area (Å²) in [6, 6.07) is 15.7. The van der Waals surface area contributed by atoms with Crippen LogP contribution in [0.3, 0.4) is 0 Å². The number of furan rings is 1. The Morgan fingerprint density at radius 2 is 1.95 bits per heavy atom. The fraction of sp³-hybridized carbons (Fsp3) is 0.118. The van der Waals surface area contributed by atoms with Crippen LogP contribution in [-0.2, 0) is 0 Å². The van der Waals surface area contributed by atoms with Crippen LogP contribution in [0.15, 0.2) is 52.9 Å². The summed E-state index contributed by atoms with van der Waals surface area (Å²) in [5.74, 6) is 5.19. The maximum Gasteiger partial charge on any atom is 0.304 e. The third kappa shape index (κ3) is 2.42. The molecule has 3 aromatic rings. The van der Waals surface area contributed by atoms with Crippen LogP contribution in [0.4, 0.5) is 0 Å². The minimum atomic E-state index is -0.513. The Labute approximate surface area is 127 Å². The van der Waals surface area contributed by atoms with Crippen LogP contribution in [0.25, 0.3) is 22.1 Å². The van der Waals surface area contributed by atoms with Crippen molar-refractivity contribution in [3.05, 3.63) is 54.3 Å². The Morgan fingerprint density at radius 1 is 1.18 bits per heavy atom. The highest BCUT2D eigenvalue weighted by Gasteiger charge is 2.21. The van der Waals surface area contributed by atoms with E-state index in [0.29, 0.717) is 17.9 Å². The highest BCUT2D eigenvalue weighted by atomic mass is 16.5. The highest BCUT2D eigenvalue weighted by Crippen LogP contribution is 2.36. The van der Waals surface area contributed by atoms with Gasteiger partial charge < -0.3 is 9.15 Å². The molecule has 0 spiro atoms. The number of nitrogens with two attached hydrogens (primary N) is 1. The van der Waals surface area contributed by atoms with Crippen LogP contribution in [0, 0.1) is 0 Å². The largest absolute Gasteiger partial charge is 0.489 e. The van der Waals surface area contributed by atoms with E-state index >= 15 is 0 Å². The zero-order chi connectivity index (χ0) is 15.5. The van der Waals surface area contributed by atoms with Crippen LogP contribution >= 0.6 is 0 Å². The van der Waals surface area contributed by atoms with Crippen molar-refractivity contribution in [1.82, 2.24) is 5.43 Å². The smallest absolute Gasteiger partial charge is 0.304 e. The summed E-state index contributed by atoms with van der Waals surface area (Å²) in [4.78, 5) is 11.8. The van der Waals surface area contributed by atoms with Crippen LogP contribution < -0.4 is 16.0 Å². The fourth-order valence-electron chi connectivity index (χ4n) is 2.39. The van der Waals surface area contributed by atoms with Gasteiger partial charge in [-0.15, -0.1) is 0 Å². The van der Waals surface area contributed by atoms with E-state index < -0.39 is 5.91 Å². The first-order chi connectivity index (χ1) is 10.7. The number of ether oxygens (including phenoxy) is 1. The third-order valence-electron chi connectivity index (χ3n) is 3.38. The van der Waals surface area contributed by atoms with E-state index in [1.807, 2.05) is 55.5 Å². The summed E-state index contributed by atoms with van der Waals surface area (Å²) in [6.45, 7) is 2.28. The Balaban J connectivity index is 2.18. The molecule has 112 valence electrons. The number of nitrogens with one attached hydrogen (secondary N) is 1. The van der Waals surface area contributed by atoms with Gasteiger partial charge in [0.1, 0.15) is 5.58 Å². The molecule has 0 saturated carbocycles. The molecule has 0 radical (unpaired) electrons. The summed E-state index contributed by atoms with van der Waals surface area (Å²) < 4.78 is 11.2. The number of hydrogen-bond acceptors (Lipinski definition) is 4. The molecule has 0 aliphatic heterocycles. The molecule has 0 fully saturated rings. The van der Waals surface area contributed by atoms with E-state index in [9.17, 15) is 4.79 Å². The minimum Gasteiger partial charge on any atom is -0.489 e. The number of benzene rings is 2. The van der Waals surface area contributed by atoms with Crippen molar-refractivity contribution in [2.75, 3.05) is 6.61 Å². The Kier molecular flexibility index (Phi) is 3.80. The van der Waals surface area contributed by atoms with Crippen molar-refractivity contribution in [1.29, 1.82) is 0 Å². The Morgan fingerprint density at radius 3 is 2.64 bits per heavy atom. The lowest BCUT2D eigenvalue weighted by Crippen LogP contribution is -2.29. The van der Waals surface area contributed by atoms with Gasteiger partial charge in [0.15, 0.2) is 5.75 Å². The van der Waals surface area contributed by atoms with Gasteiger partial charge in [-0.3, -0.25) is 10.2 Å². The Hall–Kier alpha value is -2.79. The number of hydrogen-bond donors (Lipinski definition) is 2. The summed E-state index contributed by atoms with van der Waals surface area (Å²) in [6.07, 6.45) is 0. The lowest BCUT2D eigenvalue weighted by atomic mass is 10.0. The molecule has 0 atom stereocenters. The molecular formula is C17H16N2O3. The third-order valence-corrected chi connectivity index (χ3v) is 3.38. The number of hydrazine groups is 1. The lowest BCUT2D eigenvalue weighted by Gasteiger charge is -2.04. The van der Waals surface area contributed by atoms with Gasteiger partial charge in [-0.25, -0.2) is 5.84 Å². The predicted octanol–water partition coefficient (Wildman–Crippen LogP) is 3.10. The monoisotopic (exact) mass is 296 g/mol. The van der Waals surface area contributed by atoms with Crippen LogP contribution in [0.1, 0.15) is 17.5 Å². The van der Waals surface area contributed by atoms with Gasteiger partial charge in [-0.1, -0.05) is 36.4 Å². The SMILES string of the molecule is CCOc1c(C(=O)NN)oc2ccc(-c3ccccc3)cc12. The average Bonchev–Trinajstić information content (AvgIpc) is 2.93. The van der Waals surface area contributed by atoms with Gasteiger partial charge in [0, 0.05) is 0 Å². The first-order valence-electron chi connectivity index (χ1n) is 7.00. The van der Waals surface area contributed by atoms with Crippen LogP contribution in [-0.4, -0.2) is 12.5 Å². The number of rotatable bonds is 4. The molecule has 1 heterocycles. The van der Waals surface area contributed by atoms with Gasteiger partial charge in [0.25, 0.3) is 0 Å². The first-order valence-corrected chi connectivity index (χ1v) is 7.00. The molecule has 0 unspecified atom stereocenters. The maximum atomic E-state index is 11.8. The summed E-state index contributed by atoms with van der Waals surface area (Å²) in [7, 11) is 0. The van der Waals surface area contributed by atoms with Crippen molar-refractivity contribution in [2.45, 2.75) is 6.92 Å². The zero-order valence-corrected chi connectivity index (χ0v) is 12.1. The Bertz CT molecular complexity index is 809. The molecule has 3 N–H and O–H groups in total. The second kappa shape index (κ2) is 5.91. The second-order valence-corrected chi connectivity index (χ2v) is 4.74.